The molecule has 0 radical (unpaired) electrons. The minimum Gasteiger partial charge on any atom is -0.486 e. The lowest BCUT2D eigenvalue weighted by Gasteiger charge is -2.36. The van der Waals surface area contributed by atoms with Gasteiger partial charge in [0.2, 0.25) is 0 Å². The Kier molecular flexibility index (Phi) is 5.45. The van der Waals surface area contributed by atoms with Crippen LogP contribution in [-0.2, 0) is 13.1 Å². The molecule has 6 rings (SSSR count). The molecule has 34 heavy (non-hydrogen) atoms. The number of nitrogens with one attached hydrogen (secondary N) is 1. The first-order chi connectivity index (χ1) is 16.6. The van der Waals surface area contributed by atoms with E-state index in [9.17, 15) is 9.18 Å². The number of pyridine rings is 2. The van der Waals surface area contributed by atoms with E-state index < -0.39 is 12.0 Å². The lowest BCUT2D eigenvalue weighted by atomic mass is 9.97. The SMILES string of the molecule is O=c1ccc2ncc(F)c3c2n1CC3CN1CC[C@@H](NCc2ccc3c(c2)OCCO3)[C@@H](F)C1. The summed E-state index contributed by atoms with van der Waals surface area (Å²) in [7, 11) is 0. The third-order valence-corrected chi connectivity index (χ3v) is 7.08. The van der Waals surface area contributed by atoms with E-state index in [1.807, 2.05) is 23.1 Å². The number of hydrogen-bond donors (Lipinski definition) is 1. The van der Waals surface area contributed by atoms with Gasteiger partial charge in [-0.15, -0.1) is 0 Å². The van der Waals surface area contributed by atoms with E-state index >= 15 is 4.39 Å². The highest BCUT2D eigenvalue weighted by molar-refractivity contribution is 5.80. The Morgan fingerprint density at radius 3 is 2.82 bits per heavy atom. The van der Waals surface area contributed by atoms with Crippen LogP contribution in [0, 0.1) is 5.82 Å². The Balaban J connectivity index is 1.09. The van der Waals surface area contributed by atoms with Crippen LogP contribution in [0.2, 0.25) is 0 Å². The quantitative estimate of drug-likeness (QED) is 0.621. The Hall–Kier alpha value is -3.04. The second-order valence-corrected chi connectivity index (χ2v) is 9.26. The van der Waals surface area contributed by atoms with Gasteiger partial charge in [0.05, 0.1) is 17.2 Å². The van der Waals surface area contributed by atoms with E-state index in [-0.39, 0.29) is 24.1 Å². The molecule has 9 heteroatoms. The number of rotatable bonds is 5. The van der Waals surface area contributed by atoms with E-state index in [1.54, 1.807) is 10.6 Å². The maximum atomic E-state index is 15.1. The topological polar surface area (TPSA) is 68.6 Å². The number of nitrogens with zero attached hydrogens (tertiary/aromatic N) is 3. The number of fused-ring (bicyclic) bond motifs is 1. The van der Waals surface area contributed by atoms with Crippen LogP contribution >= 0.6 is 0 Å². The molecule has 1 aromatic carbocycles. The second kappa shape index (κ2) is 8.63. The second-order valence-electron chi connectivity index (χ2n) is 9.26. The molecule has 3 aliphatic heterocycles. The summed E-state index contributed by atoms with van der Waals surface area (Å²) in [5.41, 5.74) is 2.57. The van der Waals surface area contributed by atoms with E-state index in [0.717, 1.165) is 17.1 Å². The number of alkyl halides is 1. The maximum Gasteiger partial charge on any atom is 0.251 e. The Bertz CT molecular complexity index is 1300. The van der Waals surface area contributed by atoms with Crippen molar-refractivity contribution in [3.63, 3.8) is 0 Å². The molecule has 3 aliphatic rings. The van der Waals surface area contributed by atoms with Crippen molar-refractivity contribution in [3.05, 3.63) is 63.8 Å². The normalized spacial score (nSPS) is 24.0. The fourth-order valence-electron chi connectivity index (χ4n) is 5.42. The van der Waals surface area contributed by atoms with Gasteiger partial charge in [-0.3, -0.25) is 14.7 Å². The monoisotopic (exact) mass is 468 g/mol. The fourth-order valence-corrected chi connectivity index (χ4v) is 5.42. The van der Waals surface area contributed by atoms with Gasteiger partial charge in [-0.25, -0.2) is 8.78 Å². The van der Waals surface area contributed by atoms with E-state index in [1.165, 1.54) is 12.3 Å². The highest BCUT2D eigenvalue weighted by atomic mass is 19.1. The van der Waals surface area contributed by atoms with Crippen LogP contribution in [0.3, 0.4) is 0 Å². The first kappa shape index (κ1) is 21.5. The van der Waals surface area contributed by atoms with Crippen LogP contribution in [0.5, 0.6) is 11.5 Å². The minimum absolute atomic E-state index is 0.158. The van der Waals surface area contributed by atoms with Gasteiger partial charge in [-0.05, 0) is 36.7 Å². The zero-order valence-corrected chi connectivity index (χ0v) is 18.7. The van der Waals surface area contributed by atoms with Crippen molar-refractivity contribution in [3.8, 4) is 11.5 Å². The van der Waals surface area contributed by atoms with Gasteiger partial charge in [-0.1, -0.05) is 6.07 Å². The first-order valence-corrected chi connectivity index (χ1v) is 11.7. The standard InChI is InChI=1S/C25H26F2N4O3/c26-17-11-29-20-2-4-23(32)31-13-16(24(17)25(20)31)12-30-6-5-19(18(27)14-30)28-10-15-1-3-21-22(9-15)34-8-7-33-21/h1-4,9,11,16,18-19,28H,5-8,10,12-14H2/t16?,18-,19+/m0/s1. The molecule has 5 heterocycles. The fraction of sp³-hybridized carbons (Fsp3) is 0.440. The zero-order valence-electron chi connectivity index (χ0n) is 18.7. The molecule has 1 N–H and O–H groups in total. The number of piperidine rings is 1. The number of benzene rings is 1. The van der Waals surface area contributed by atoms with Crippen LogP contribution in [0.25, 0.3) is 11.0 Å². The molecule has 7 nitrogen and oxygen atoms in total. The molecular formula is C25H26F2N4O3. The van der Waals surface area contributed by atoms with E-state index in [4.69, 9.17) is 9.47 Å². The van der Waals surface area contributed by atoms with Gasteiger partial charge in [0, 0.05) is 49.8 Å². The Morgan fingerprint density at radius 1 is 1.12 bits per heavy atom. The van der Waals surface area contributed by atoms with Gasteiger partial charge in [-0.2, -0.15) is 0 Å². The van der Waals surface area contributed by atoms with Crippen molar-refractivity contribution in [1.82, 2.24) is 19.8 Å². The van der Waals surface area contributed by atoms with Gasteiger partial charge >= 0.3 is 0 Å². The van der Waals surface area contributed by atoms with Crippen LogP contribution in [0.1, 0.15) is 23.5 Å². The van der Waals surface area contributed by atoms with Crippen LogP contribution in [0.15, 0.2) is 41.3 Å². The molecule has 1 unspecified atom stereocenters. The van der Waals surface area contributed by atoms with Gasteiger partial charge < -0.3 is 19.4 Å². The molecule has 1 saturated heterocycles. The van der Waals surface area contributed by atoms with Gasteiger partial charge in [0.25, 0.3) is 5.56 Å². The largest absolute Gasteiger partial charge is 0.486 e. The third kappa shape index (κ3) is 3.82. The molecule has 0 spiro atoms. The molecule has 2 aromatic heterocycles. The highest BCUT2D eigenvalue weighted by Gasteiger charge is 2.34. The molecular weight excluding hydrogens is 442 g/mol. The van der Waals surface area contributed by atoms with Crippen LogP contribution in [0.4, 0.5) is 8.78 Å². The van der Waals surface area contributed by atoms with Crippen LogP contribution < -0.4 is 20.3 Å². The lowest BCUT2D eigenvalue weighted by Crippen LogP contribution is -2.51. The lowest BCUT2D eigenvalue weighted by molar-refractivity contribution is 0.0971. The van der Waals surface area contributed by atoms with Gasteiger partial charge in [0.1, 0.15) is 25.2 Å². The summed E-state index contributed by atoms with van der Waals surface area (Å²) in [6.45, 7) is 3.51. The zero-order chi connectivity index (χ0) is 23.2. The number of aromatic nitrogens is 2. The number of ether oxygens (including phenoxy) is 2. The summed E-state index contributed by atoms with van der Waals surface area (Å²) in [5, 5.41) is 3.34. The molecule has 178 valence electrons. The van der Waals surface area contributed by atoms with Crippen molar-refractivity contribution >= 4 is 11.0 Å². The smallest absolute Gasteiger partial charge is 0.251 e. The summed E-state index contributed by atoms with van der Waals surface area (Å²) in [6, 6.07) is 8.64. The van der Waals surface area contributed by atoms with Crippen molar-refractivity contribution in [2.75, 3.05) is 32.8 Å². The molecule has 0 aliphatic carbocycles. The average Bonchev–Trinajstić information content (AvgIpc) is 3.23. The van der Waals surface area contributed by atoms with E-state index in [2.05, 4.69) is 10.3 Å². The van der Waals surface area contributed by atoms with Crippen LogP contribution in [-0.4, -0.2) is 59.5 Å². The Morgan fingerprint density at radius 2 is 1.97 bits per heavy atom. The minimum atomic E-state index is -1.04. The number of halogens is 2. The maximum absolute atomic E-state index is 15.1. The van der Waals surface area contributed by atoms with Crippen molar-refractivity contribution < 1.29 is 18.3 Å². The van der Waals surface area contributed by atoms with Gasteiger partial charge in [0.15, 0.2) is 11.5 Å². The van der Waals surface area contributed by atoms with Crippen molar-refractivity contribution in [1.29, 1.82) is 0 Å². The summed E-state index contributed by atoms with van der Waals surface area (Å²) in [6.07, 6.45) is 0.830. The summed E-state index contributed by atoms with van der Waals surface area (Å²) in [4.78, 5) is 18.5. The number of hydrogen-bond acceptors (Lipinski definition) is 6. The molecule has 3 atom stereocenters. The molecule has 0 saturated carbocycles. The summed E-state index contributed by atoms with van der Waals surface area (Å²) >= 11 is 0. The summed E-state index contributed by atoms with van der Waals surface area (Å²) < 4.78 is 42.6. The van der Waals surface area contributed by atoms with Crippen molar-refractivity contribution in [2.24, 2.45) is 0 Å². The molecule has 0 amide bonds. The third-order valence-electron chi connectivity index (χ3n) is 7.08. The highest BCUT2D eigenvalue weighted by Crippen LogP contribution is 2.35. The molecule has 1 fully saturated rings. The van der Waals surface area contributed by atoms with Crippen molar-refractivity contribution in [2.45, 2.75) is 37.6 Å². The molecule has 3 aromatic rings. The number of likely N-dealkylation sites (tertiary alicyclic amines) is 1. The predicted octanol–water partition coefficient (Wildman–Crippen LogP) is 2.61. The first-order valence-electron chi connectivity index (χ1n) is 11.7. The average molecular weight is 469 g/mol. The Labute approximate surface area is 195 Å². The predicted molar refractivity (Wildman–Crippen MR) is 123 cm³/mol. The summed E-state index contributed by atoms with van der Waals surface area (Å²) in [5.74, 6) is 0.870. The van der Waals surface area contributed by atoms with E-state index in [0.29, 0.717) is 62.4 Å². The molecule has 0 bridgehead atoms.